The molecule has 2 amide bonds. The Hall–Kier alpha value is -3.30. The molecule has 1 saturated heterocycles. The summed E-state index contributed by atoms with van der Waals surface area (Å²) in [5, 5.41) is 12.9. The third-order valence-electron chi connectivity index (χ3n) is 4.08. The van der Waals surface area contributed by atoms with Crippen molar-refractivity contribution in [1.82, 2.24) is 5.43 Å². The van der Waals surface area contributed by atoms with E-state index in [0.29, 0.717) is 0 Å². The van der Waals surface area contributed by atoms with Gasteiger partial charge in [0.2, 0.25) is 0 Å². The first kappa shape index (κ1) is 20.4. The minimum absolute atomic E-state index is 0.00198. The van der Waals surface area contributed by atoms with Gasteiger partial charge in [-0.1, -0.05) is 23.2 Å². The zero-order chi connectivity index (χ0) is 21.3. The largest absolute Gasteiger partial charge is 0.493 e. The standard InChI is InChI=1S/C18H13Cl2N3O6/c1-28-15-6-9(14(23(26)27)8-16(15)29-2)5-11-17(24)21-22(18(11)25)10-3-4-12(19)13(20)7-10/h3-8H,1-2H3,(H,21,24). The number of nitro benzene ring substituents is 1. The lowest BCUT2D eigenvalue weighted by molar-refractivity contribution is -0.385. The van der Waals surface area contributed by atoms with Crippen molar-refractivity contribution >= 4 is 52.5 Å². The molecule has 1 N–H and O–H groups in total. The lowest BCUT2D eigenvalue weighted by Gasteiger charge is -2.15. The molecule has 0 saturated carbocycles. The van der Waals surface area contributed by atoms with Gasteiger partial charge >= 0.3 is 0 Å². The van der Waals surface area contributed by atoms with Crippen LogP contribution >= 0.6 is 23.2 Å². The summed E-state index contributed by atoms with van der Waals surface area (Å²) in [6.07, 6.45) is 1.12. The van der Waals surface area contributed by atoms with Crippen molar-refractivity contribution in [3.8, 4) is 11.5 Å². The van der Waals surface area contributed by atoms with Crippen molar-refractivity contribution < 1.29 is 24.0 Å². The van der Waals surface area contributed by atoms with Crippen molar-refractivity contribution in [2.45, 2.75) is 0 Å². The van der Waals surface area contributed by atoms with Crippen LogP contribution in [0.25, 0.3) is 6.08 Å². The summed E-state index contributed by atoms with van der Waals surface area (Å²) in [6.45, 7) is 0. The third-order valence-corrected chi connectivity index (χ3v) is 4.82. The van der Waals surface area contributed by atoms with E-state index >= 15 is 0 Å². The summed E-state index contributed by atoms with van der Waals surface area (Å²) in [6, 6.07) is 6.84. The van der Waals surface area contributed by atoms with Gasteiger partial charge in [-0.2, -0.15) is 0 Å². The number of halogens is 2. The van der Waals surface area contributed by atoms with E-state index in [9.17, 15) is 19.7 Å². The molecule has 1 aliphatic heterocycles. The van der Waals surface area contributed by atoms with E-state index in [2.05, 4.69) is 5.43 Å². The van der Waals surface area contributed by atoms with Crippen molar-refractivity contribution in [3.63, 3.8) is 0 Å². The quantitative estimate of drug-likeness (QED) is 0.332. The Morgan fingerprint density at radius 2 is 1.72 bits per heavy atom. The van der Waals surface area contributed by atoms with E-state index in [4.69, 9.17) is 32.7 Å². The second-order valence-corrected chi connectivity index (χ2v) is 6.58. The number of hydrogen-bond acceptors (Lipinski definition) is 6. The number of hydrazine groups is 1. The number of hydrogen-bond donors (Lipinski definition) is 1. The van der Waals surface area contributed by atoms with Gasteiger partial charge in [0.05, 0.1) is 46.5 Å². The van der Waals surface area contributed by atoms with Crippen LogP contribution in [0.3, 0.4) is 0 Å². The van der Waals surface area contributed by atoms with Crippen LogP contribution in [-0.4, -0.2) is 31.0 Å². The molecule has 0 unspecified atom stereocenters. The Bertz CT molecular complexity index is 1070. The van der Waals surface area contributed by atoms with E-state index in [-0.39, 0.29) is 44.1 Å². The van der Waals surface area contributed by atoms with Crippen LogP contribution in [0.2, 0.25) is 10.0 Å². The molecule has 2 aromatic carbocycles. The Labute approximate surface area is 174 Å². The van der Waals surface area contributed by atoms with Crippen LogP contribution in [0.15, 0.2) is 35.9 Å². The fourth-order valence-corrected chi connectivity index (χ4v) is 2.97. The van der Waals surface area contributed by atoms with Gasteiger partial charge in [0.15, 0.2) is 11.5 Å². The van der Waals surface area contributed by atoms with Crippen molar-refractivity contribution in [3.05, 3.63) is 61.6 Å². The summed E-state index contributed by atoms with van der Waals surface area (Å²) in [7, 11) is 2.70. The normalized spacial score (nSPS) is 14.9. The van der Waals surface area contributed by atoms with Gasteiger partial charge in [0, 0.05) is 0 Å². The molecule has 0 spiro atoms. The number of nitrogens with one attached hydrogen (secondary N) is 1. The van der Waals surface area contributed by atoms with Gasteiger partial charge in [-0.15, -0.1) is 0 Å². The number of ether oxygens (including phenoxy) is 2. The second kappa shape index (κ2) is 7.98. The summed E-state index contributed by atoms with van der Waals surface area (Å²) in [5.74, 6) is -1.10. The molecule has 0 bridgehead atoms. The Morgan fingerprint density at radius 1 is 1.07 bits per heavy atom. The summed E-state index contributed by atoms with van der Waals surface area (Å²) >= 11 is 11.8. The maximum atomic E-state index is 12.7. The Morgan fingerprint density at radius 3 is 2.31 bits per heavy atom. The van der Waals surface area contributed by atoms with Crippen LogP contribution in [0.4, 0.5) is 11.4 Å². The van der Waals surface area contributed by atoms with Crippen molar-refractivity contribution in [1.29, 1.82) is 0 Å². The van der Waals surface area contributed by atoms with Crippen LogP contribution in [0, 0.1) is 10.1 Å². The number of carbonyl (C=O) groups excluding carboxylic acids is 2. The molecule has 0 aromatic heterocycles. The number of nitrogens with zero attached hydrogens (tertiary/aromatic N) is 2. The number of benzene rings is 2. The van der Waals surface area contributed by atoms with E-state index in [1.807, 2.05) is 0 Å². The molecular formula is C18H13Cl2N3O6. The number of methoxy groups -OCH3 is 2. The van der Waals surface area contributed by atoms with Crippen LogP contribution < -0.4 is 19.9 Å². The second-order valence-electron chi connectivity index (χ2n) is 5.76. The number of nitro groups is 1. The molecule has 11 heteroatoms. The lowest BCUT2D eigenvalue weighted by atomic mass is 10.1. The highest BCUT2D eigenvalue weighted by molar-refractivity contribution is 6.42. The molecule has 1 fully saturated rings. The molecule has 0 aliphatic carbocycles. The first-order valence-corrected chi connectivity index (χ1v) is 8.75. The molecule has 0 atom stereocenters. The molecule has 0 radical (unpaired) electrons. The number of amides is 2. The van der Waals surface area contributed by atoms with E-state index in [1.165, 1.54) is 38.5 Å². The van der Waals surface area contributed by atoms with Crippen LogP contribution in [0.1, 0.15) is 5.56 Å². The summed E-state index contributed by atoms with van der Waals surface area (Å²) < 4.78 is 10.2. The predicted molar refractivity (Wildman–Crippen MR) is 106 cm³/mol. The SMILES string of the molecule is COc1cc(C=C2C(=O)NN(c3ccc(Cl)c(Cl)c3)C2=O)c([N+](=O)[O-])cc1OC. The minimum atomic E-state index is -0.731. The van der Waals surface area contributed by atoms with Gasteiger partial charge in [-0.25, -0.2) is 5.01 Å². The van der Waals surface area contributed by atoms with E-state index in [0.717, 1.165) is 17.2 Å². The monoisotopic (exact) mass is 437 g/mol. The number of carbonyl (C=O) groups is 2. The van der Waals surface area contributed by atoms with Gasteiger partial charge in [-0.05, 0) is 30.3 Å². The smallest absolute Gasteiger partial charge is 0.282 e. The third kappa shape index (κ3) is 3.82. The first-order chi connectivity index (χ1) is 13.8. The average Bonchev–Trinajstić information content (AvgIpc) is 2.97. The maximum Gasteiger partial charge on any atom is 0.282 e. The van der Waals surface area contributed by atoms with E-state index < -0.39 is 16.7 Å². The zero-order valence-corrected chi connectivity index (χ0v) is 16.6. The minimum Gasteiger partial charge on any atom is -0.493 e. The van der Waals surface area contributed by atoms with Gasteiger partial charge in [-0.3, -0.25) is 25.1 Å². The van der Waals surface area contributed by atoms with Crippen molar-refractivity contribution in [2.24, 2.45) is 0 Å². The zero-order valence-electron chi connectivity index (χ0n) is 15.1. The molecule has 3 rings (SSSR count). The number of rotatable bonds is 5. The highest BCUT2D eigenvalue weighted by atomic mass is 35.5. The van der Waals surface area contributed by atoms with Gasteiger partial charge in [0.1, 0.15) is 5.57 Å². The van der Waals surface area contributed by atoms with Gasteiger partial charge in [0.25, 0.3) is 17.5 Å². The molecule has 1 aliphatic rings. The van der Waals surface area contributed by atoms with Crippen molar-refractivity contribution in [2.75, 3.05) is 19.2 Å². The highest BCUT2D eigenvalue weighted by Gasteiger charge is 2.35. The predicted octanol–water partition coefficient (Wildman–Crippen LogP) is 3.38. The maximum absolute atomic E-state index is 12.7. The average molecular weight is 438 g/mol. The fraction of sp³-hybridized carbons (Fsp3) is 0.111. The fourth-order valence-electron chi connectivity index (χ4n) is 2.68. The Kier molecular flexibility index (Phi) is 5.62. The lowest BCUT2D eigenvalue weighted by Crippen LogP contribution is -2.35. The number of anilines is 1. The van der Waals surface area contributed by atoms with Crippen LogP contribution in [-0.2, 0) is 9.59 Å². The first-order valence-electron chi connectivity index (χ1n) is 7.99. The van der Waals surface area contributed by atoms with E-state index in [1.54, 1.807) is 0 Å². The highest BCUT2D eigenvalue weighted by Crippen LogP contribution is 2.36. The topological polar surface area (TPSA) is 111 Å². The summed E-state index contributed by atoms with van der Waals surface area (Å²) in [4.78, 5) is 35.9. The molecule has 1 heterocycles. The van der Waals surface area contributed by atoms with Gasteiger partial charge < -0.3 is 9.47 Å². The summed E-state index contributed by atoms with van der Waals surface area (Å²) in [5.41, 5.74) is 2.01. The molecule has 9 nitrogen and oxygen atoms in total. The molecule has 29 heavy (non-hydrogen) atoms. The molecule has 2 aromatic rings. The van der Waals surface area contributed by atoms with Crippen LogP contribution in [0.5, 0.6) is 11.5 Å². The Balaban J connectivity index is 2.06. The molecule has 150 valence electrons. The molecular weight excluding hydrogens is 425 g/mol.